The van der Waals surface area contributed by atoms with Crippen LogP contribution in [0.2, 0.25) is 0 Å². The maximum atomic E-state index is 11.4. The van der Waals surface area contributed by atoms with Crippen LogP contribution in [-0.2, 0) is 0 Å². The average molecular weight is 203 g/mol. The van der Waals surface area contributed by atoms with Crippen LogP contribution in [0.1, 0.15) is 15.2 Å². The van der Waals surface area contributed by atoms with Crippen LogP contribution in [0.25, 0.3) is 5.57 Å². The van der Waals surface area contributed by atoms with Crippen molar-refractivity contribution in [2.24, 2.45) is 4.99 Å². The normalized spacial score (nSPS) is 17.1. The first kappa shape index (κ1) is 7.70. The summed E-state index contributed by atoms with van der Waals surface area (Å²) in [5.74, 6) is 0.559. The summed E-state index contributed by atoms with van der Waals surface area (Å²) in [7, 11) is 0. The van der Waals surface area contributed by atoms with Gasteiger partial charge in [-0.3, -0.25) is 4.79 Å². The van der Waals surface area contributed by atoms with Gasteiger partial charge in [0, 0.05) is 22.7 Å². The predicted molar refractivity (Wildman–Crippen MR) is 54.9 cm³/mol. The van der Waals surface area contributed by atoms with Gasteiger partial charge in [0.1, 0.15) is 10.6 Å². The van der Waals surface area contributed by atoms with Crippen LogP contribution in [0, 0.1) is 0 Å². The number of hydrogen-bond donors (Lipinski definition) is 0. The summed E-state index contributed by atoms with van der Waals surface area (Å²) in [6.45, 7) is 0. The minimum Gasteiger partial charge on any atom is -0.463 e. The molecule has 0 aromatic carbocycles. The van der Waals surface area contributed by atoms with Crippen LogP contribution in [0.4, 0.5) is 0 Å². The first-order valence-corrected chi connectivity index (χ1v) is 4.98. The van der Waals surface area contributed by atoms with Crippen molar-refractivity contribution >= 4 is 29.0 Å². The lowest BCUT2D eigenvalue weighted by Crippen LogP contribution is -2.04. The van der Waals surface area contributed by atoms with E-state index in [0.717, 1.165) is 16.9 Å². The summed E-state index contributed by atoms with van der Waals surface area (Å²) in [6, 6.07) is 0. The van der Waals surface area contributed by atoms with E-state index in [1.165, 1.54) is 11.3 Å². The van der Waals surface area contributed by atoms with Crippen molar-refractivity contribution in [1.82, 2.24) is 0 Å². The lowest BCUT2D eigenvalue weighted by atomic mass is 10.0. The number of carbonyl (C=O) groups excluding carboxylic acids is 1. The third-order valence-corrected chi connectivity index (χ3v) is 3.06. The molecule has 68 valence electrons. The van der Waals surface area contributed by atoms with Crippen molar-refractivity contribution in [1.29, 1.82) is 0 Å². The Kier molecular flexibility index (Phi) is 1.46. The van der Waals surface area contributed by atoms with Crippen molar-refractivity contribution < 1.29 is 9.53 Å². The van der Waals surface area contributed by atoms with Gasteiger partial charge in [-0.1, -0.05) is 0 Å². The predicted octanol–water partition coefficient (Wildman–Crippen LogP) is 2.26. The van der Waals surface area contributed by atoms with E-state index >= 15 is 0 Å². The third kappa shape index (κ3) is 0.914. The van der Waals surface area contributed by atoms with Gasteiger partial charge < -0.3 is 4.74 Å². The van der Waals surface area contributed by atoms with E-state index in [-0.39, 0.29) is 5.91 Å². The molecular weight excluding hydrogens is 198 g/mol. The fourth-order valence-corrected chi connectivity index (χ4v) is 2.38. The Morgan fingerprint density at radius 1 is 1.43 bits per heavy atom. The smallest absolute Gasteiger partial charge is 0.287 e. The molecule has 0 saturated carbocycles. The van der Waals surface area contributed by atoms with Crippen LogP contribution in [0.3, 0.4) is 0 Å². The molecule has 0 unspecified atom stereocenters. The van der Waals surface area contributed by atoms with Gasteiger partial charge >= 0.3 is 0 Å². The molecule has 0 spiro atoms. The van der Waals surface area contributed by atoms with Gasteiger partial charge in [0.05, 0.1) is 6.26 Å². The topological polar surface area (TPSA) is 38.7 Å². The number of ether oxygens (including phenoxy) is 1. The molecule has 1 amide bonds. The first-order valence-electron chi connectivity index (χ1n) is 4.10. The molecule has 0 N–H and O–H groups in total. The molecular formula is C10H5NO2S. The van der Waals surface area contributed by atoms with Crippen LogP contribution < -0.4 is 4.74 Å². The lowest BCUT2D eigenvalue weighted by Gasteiger charge is -2.07. The van der Waals surface area contributed by atoms with Gasteiger partial charge in [-0.15, -0.1) is 11.3 Å². The molecule has 1 aromatic rings. The van der Waals surface area contributed by atoms with Crippen LogP contribution >= 0.6 is 11.3 Å². The second-order valence-electron chi connectivity index (χ2n) is 2.94. The maximum absolute atomic E-state index is 11.4. The van der Waals surface area contributed by atoms with E-state index < -0.39 is 0 Å². The summed E-state index contributed by atoms with van der Waals surface area (Å²) < 4.78 is 5.35. The van der Waals surface area contributed by atoms with E-state index in [1.54, 1.807) is 18.6 Å². The summed E-state index contributed by atoms with van der Waals surface area (Å²) >= 11 is 1.37. The fraction of sp³-hybridized carbons (Fsp3) is 0. The highest BCUT2D eigenvalue weighted by atomic mass is 32.1. The summed E-state index contributed by atoms with van der Waals surface area (Å²) in [5, 5.41) is 1.83. The van der Waals surface area contributed by atoms with Crippen LogP contribution in [0.15, 0.2) is 28.8 Å². The molecule has 0 bridgehead atoms. The van der Waals surface area contributed by atoms with Gasteiger partial charge in [-0.2, -0.15) is 0 Å². The highest BCUT2D eigenvalue weighted by molar-refractivity contribution is 7.12. The quantitative estimate of drug-likeness (QED) is 0.648. The second kappa shape index (κ2) is 2.65. The van der Waals surface area contributed by atoms with Crippen LogP contribution in [-0.4, -0.2) is 12.1 Å². The minimum absolute atomic E-state index is 0.182. The van der Waals surface area contributed by atoms with E-state index in [0.29, 0.717) is 4.88 Å². The monoisotopic (exact) mass is 203 g/mol. The van der Waals surface area contributed by atoms with E-state index in [1.807, 2.05) is 11.5 Å². The Hall–Kier alpha value is -1.68. The number of carbonyl (C=O) groups is 1. The fourth-order valence-electron chi connectivity index (χ4n) is 1.49. The second-order valence-corrected chi connectivity index (χ2v) is 3.82. The Morgan fingerprint density at radius 2 is 2.36 bits per heavy atom. The lowest BCUT2D eigenvalue weighted by molar-refractivity contribution is 0.101. The largest absolute Gasteiger partial charge is 0.463 e. The van der Waals surface area contributed by atoms with Gasteiger partial charge in [0.2, 0.25) is 0 Å². The Balaban J connectivity index is 2.34. The van der Waals surface area contributed by atoms with Crippen molar-refractivity contribution in [2.75, 3.05) is 0 Å². The van der Waals surface area contributed by atoms with Crippen molar-refractivity contribution in [3.8, 4) is 5.75 Å². The standard InChI is InChI=1S/C10H5NO2S/c12-10-9-8-6(4-11-10)2-1-3-13-7(8)5-14-9/h1-5H. The SMILES string of the molecule is O=C1N=CC2=CC=COc3csc1c32. The number of hydrogen-bond acceptors (Lipinski definition) is 3. The van der Waals surface area contributed by atoms with Crippen LogP contribution in [0.5, 0.6) is 5.75 Å². The zero-order chi connectivity index (χ0) is 9.54. The molecule has 4 heteroatoms. The number of nitrogens with zero attached hydrogens (tertiary/aromatic N) is 1. The Morgan fingerprint density at radius 3 is 3.29 bits per heavy atom. The molecule has 0 radical (unpaired) electrons. The molecule has 0 saturated heterocycles. The van der Waals surface area contributed by atoms with Gasteiger partial charge in [0.15, 0.2) is 0 Å². The number of aliphatic imine (C=N–C) groups is 1. The molecule has 2 aliphatic heterocycles. The number of thiophene rings is 1. The van der Waals surface area contributed by atoms with E-state index in [4.69, 9.17) is 4.74 Å². The maximum Gasteiger partial charge on any atom is 0.287 e. The Bertz CT molecular complexity index is 508. The summed E-state index contributed by atoms with van der Waals surface area (Å²) in [5.41, 5.74) is 1.81. The summed E-state index contributed by atoms with van der Waals surface area (Å²) in [6.07, 6.45) is 6.87. The summed E-state index contributed by atoms with van der Waals surface area (Å²) in [4.78, 5) is 15.9. The number of allylic oxidation sites excluding steroid dienone is 3. The van der Waals surface area contributed by atoms with Crippen molar-refractivity contribution in [3.05, 3.63) is 34.2 Å². The molecule has 0 atom stereocenters. The molecule has 3 rings (SSSR count). The number of amides is 1. The van der Waals surface area contributed by atoms with Crippen molar-refractivity contribution in [3.63, 3.8) is 0 Å². The van der Waals surface area contributed by atoms with Gasteiger partial charge in [-0.25, -0.2) is 4.99 Å². The average Bonchev–Trinajstić information content (AvgIpc) is 2.51. The first-order chi connectivity index (χ1) is 6.86. The molecule has 0 aliphatic carbocycles. The van der Waals surface area contributed by atoms with Gasteiger partial charge in [0.25, 0.3) is 5.91 Å². The van der Waals surface area contributed by atoms with Crippen molar-refractivity contribution in [2.45, 2.75) is 0 Å². The highest BCUT2D eigenvalue weighted by Gasteiger charge is 2.24. The molecule has 0 fully saturated rings. The Labute approximate surface area is 84.0 Å². The third-order valence-electron chi connectivity index (χ3n) is 2.11. The molecule has 2 aliphatic rings. The zero-order valence-corrected chi connectivity index (χ0v) is 7.88. The molecule has 3 nitrogen and oxygen atoms in total. The minimum atomic E-state index is -0.182. The highest BCUT2D eigenvalue weighted by Crippen LogP contribution is 2.38. The van der Waals surface area contributed by atoms with E-state index in [2.05, 4.69) is 4.99 Å². The zero-order valence-electron chi connectivity index (χ0n) is 7.06. The molecule has 3 heterocycles. The molecule has 1 aromatic heterocycles. The number of rotatable bonds is 0. The molecule has 14 heavy (non-hydrogen) atoms. The van der Waals surface area contributed by atoms with Gasteiger partial charge in [-0.05, 0) is 12.2 Å². The van der Waals surface area contributed by atoms with E-state index in [9.17, 15) is 4.79 Å².